The number of carbonyl (C=O) groups is 5. The summed E-state index contributed by atoms with van der Waals surface area (Å²) < 4.78 is 15.2. The van der Waals surface area contributed by atoms with E-state index in [1.165, 1.54) is 41.2 Å². The number of allylic oxidation sites excluding steroid dienone is 1. The number of nitrogens with one attached hydrogen (secondary N) is 2. The number of thiazole rings is 1. The molecule has 1 aromatic rings. The molecule has 1 saturated heterocycles. The molecule has 0 bridgehead atoms. The summed E-state index contributed by atoms with van der Waals surface area (Å²) in [6.45, 7) is 2.92. The molecular formula is C24H30N6O9S2. The number of aromatic nitrogens is 1. The summed E-state index contributed by atoms with van der Waals surface area (Å²) in [5.41, 5.74) is 5.47. The van der Waals surface area contributed by atoms with Crippen molar-refractivity contribution in [3.05, 3.63) is 34.5 Å². The Morgan fingerprint density at radius 1 is 1.27 bits per heavy atom. The van der Waals surface area contributed by atoms with Crippen LogP contribution in [0.2, 0.25) is 0 Å². The second-order valence-corrected chi connectivity index (χ2v) is 10.5. The predicted molar refractivity (Wildman–Crippen MR) is 148 cm³/mol. The van der Waals surface area contributed by atoms with Crippen LogP contribution in [0.5, 0.6) is 0 Å². The van der Waals surface area contributed by atoms with Gasteiger partial charge in [-0.3, -0.25) is 19.3 Å². The fourth-order valence-electron chi connectivity index (χ4n) is 3.91. The van der Waals surface area contributed by atoms with Gasteiger partial charge in [0, 0.05) is 18.2 Å². The Morgan fingerprint density at radius 3 is 2.61 bits per heavy atom. The normalized spacial score (nSPS) is 18.6. The molecule has 5 N–H and O–H groups in total. The molecule has 3 rings (SSSR count). The van der Waals surface area contributed by atoms with Crippen molar-refractivity contribution in [2.45, 2.75) is 38.1 Å². The molecule has 2 unspecified atom stereocenters. The Hall–Kier alpha value is -4.12. The lowest BCUT2D eigenvalue weighted by molar-refractivity contribution is -0.170. The number of carbonyl (C=O) groups excluding carboxylic acids is 5. The molecule has 0 saturated carbocycles. The van der Waals surface area contributed by atoms with Gasteiger partial charge in [-0.05, 0) is 24.5 Å². The number of β-lactam (4-membered cyclic amide) rings is 1. The van der Waals surface area contributed by atoms with Crippen molar-refractivity contribution < 1.29 is 43.4 Å². The third-order valence-electron chi connectivity index (χ3n) is 6.10. The van der Waals surface area contributed by atoms with Crippen LogP contribution >= 0.6 is 23.1 Å². The molecule has 2 aliphatic rings. The van der Waals surface area contributed by atoms with Gasteiger partial charge in [0.15, 0.2) is 10.8 Å². The number of thioether (sulfide) groups is 1. The largest absolute Gasteiger partial charge is 0.445 e. The Morgan fingerprint density at radius 2 is 2.00 bits per heavy atom. The van der Waals surface area contributed by atoms with Crippen LogP contribution in [0.1, 0.15) is 32.4 Å². The summed E-state index contributed by atoms with van der Waals surface area (Å²) in [5.74, 6) is -3.04. The maximum Gasteiger partial charge on any atom is 0.407 e. The molecule has 3 heterocycles. The van der Waals surface area contributed by atoms with Crippen molar-refractivity contribution >= 4 is 63.8 Å². The SMILES string of the molecule is CCC(CC)C(=O)OCOC(=O)C1=C(/C=C\COC(=O)NC)CSC2C(NC(=O)/C(=N\O)c3csc(N)n3)C(=O)N12. The first kappa shape index (κ1) is 31.4. The van der Waals surface area contributed by atoms with Crippen LogP contribution in [-0.4, -0.2) is 88.3 Å². The van der Waals surface area contributed by atoms with Crippen molar-refractivity contribution in [3.8, 4) is 0 Å². The van der Waals surface area contributed by atoms with Crippen LogP contribution in [-0.2, 0) is 33.4 Å². The van der Waals surface area contributed by atoms with Gasteiger partial charge in [-0.25, -0.2) is 14.6 Å². The van der Waals surface area contributed by atoms with Crippen LogP contribution in [0.15, 0.2) is 34.0 Å². The van der Waals surface area contributed by atoms with Gasteiger partial charge in [0.05, 0.1) is 5.92 Å². The fourth-order valence-corrected chi connectivity index (χ4v) is 5.78. The molecule has 2 aliphatic heterocycles. The number of esters is 2. The molecule has 1 aromatic heterocycles. The number of ether oxygens (including phenoxy) is 3. The number of oxime groups is 1. The molecule has 0 aromatic carbocycles. The molecule has 0 radical (unpaired) electrons. The van der Waals surface area contributed by atoms with Crippen molar-refractivity contribution in [1.29, 1.82) is 0 Å². The second-order valence-electron chi connectivity index (χ2n) is 8.53. The molecule has 0 aliphatic carbocycles. The van der Waals surface area contributed by atoms with Crippen LogP contribution in [0.4, 0.5) is 9.93 Å². The number of fused-ring (bicyclic) bond motifs is 1. The maximum absolute atomic E-state index is 13.2. The maximum atomic E-state index is 13.2. The minimum absolute atomic E-state index is 0.0333. The summed E-state index contributed by atoms with van der Waals surface area (Å²) in [6.07, 6.45) is 3.48. The van der Waals surface area contributed by atoms with E-state index in [0.29, 0.717) is 18.4 Å². The van der Waals surface area contributed by atoms with E-state index >= 15 is 0 Å². The zero-order valence-corrected chi connectivity index (χ0v) is 24.1. The van der Waals surface area contributed by atoms with E-state index in [1.54, 1.807) is 0 Å². The monoisotopic (exact) mass is 610 g/mol. The van der Waals surface area contributed by atoms with Crippen LogP contribution in [0.25, 0.3) is 0 Å². The number of nitrogens with two attached hydrogens (primary N) is 1. The lowest BCUT2D eigenvalue weighted by Gasteiger charge is -2.49. The summed E-state index contributed by atoms with van der Waals surface area (Å²) >= 11 is 2.29. The summed E-state index contributed by atoms with van der Waals surface area (Å²) in [5, 5.41) is 18.0. The number of hydrogen-bond acceptors (Lipinski definition) is 14. The molecule has 15 nitrogen and oxygen atoms in total. The number of nitrogens with zero attached hydrogens (tertiary/aromatic N) is 3. The lowest BCUT2D eigenvalue weighted by Crippen LogP contribution is -2.71. The van der Waals surface area contributed by atoms with Gasteiger partial charge >= 0.3 is 18.0 Å². The van der Waals surface area contributed by atoms with E-state index in [-0.39, 0.29) is 34.8 Å². The number of alkyl carbamates (subject to hydrolysis) is 1. The van der Waals surface area contributed by atoms with Gasteiger partial charge in [-0.1, -0.05) is 25.1 Å². The van der Waals surface area contributed by atoms with Gasteiger partial charge in [0.2, 0.25) is 6.79 Å². The van der Waals surface area contributed by atoms with Crippen molar-refractivity contribution in [2.75, 3.05) is 31.9 Å². The molecular weight excluding hydrogens is 580 g/mol. The third kappa shape index (κ3) is 7.35. The Kier molecular flexibility index (Phi) is 11.1. The van der Waals surface area contributed by atoms with Gasteiger partial charge in [-0.2, -0.15) is 0 Å². The topological polar surface area (TPSA) is 212 Å². The van der Waals surface area contributed by atoms with Crippen LogP contribution in [0, 0.1) is 5.92 Å². The number of anilines is 1. The third-order valence-corrected chi connectivity index (χ3v) is 8.08. The Labute approximate surface area is 243 Å². The molecule has 1 fully saturated rings. The predicted octanol–water partition coefficient (Wildman–Crippen LogP) is 0.950. The van der Waals surface area contributed by atoms with Crippen LogP contribution < -0.4 is 16.4 Å². The number of rotatable bonds is 12. The summed E-state index contributed by atoms with van der Waals surface area (Å²) in [4.78, 5) is 67.6. The molecule has 0 spiro atoms. The van der Waals surface area contributed by atoms with Gasteiger partial charge < -0.3 is 35.8 Å². The first-order valence-corrected chi connectivity index (χ1v) is 14.4. The lowest BCUT2D eigenvalue weighted by atomic mass is 10.0. The van der Waals surface area contributed by atoms with Crippen molar-refractivity contribution in [1.82, 2.24) is 20.5 Å². The Bertz CT molecular complexity index is 1270. The smallest absolute Gasteiger partial charge is 0.407 e. The molecule has 3 amide bonds. The zero-order valence-electron chi connectivity index (χ0n) is 22.4. The van der Waals surface area contributed by atoms with E-state index in [4.69, 9.17) is 19.9 Å². The highest BCUT2D eigenvalue weighted by molar-refractivity contribution is 8.00. The van der Waals surface area contributed by atoms with Crippen LogP contribution in [0.3, 0.4) is 0 Å². The highest BCUT2D eigenvalue weighted by atomic mass is 32.2. The zero-order chi connectivity index (χ0) is 30.1. The highest BCUT2D eigenvalue weighted by Crippen LogP contribution is 2.41. The molecule has 41 heavy (non-hydrogen) atoms. The summed E-state index contributed by atoms with van der Waals surface area (Å²) in [7, 11) is 1.41. The molecule has 2 atom stereocenters. The van der Waals surface area contributed by atoms with E-state index < -0.39 is 53.8 Å². The van der Waals surface area contributed by atoms with E-state index in [9.17, 15) is 29.2 Å². The highest BCUT2D eigenvalue weighted by Gasteiger charge is 2.54. The number of nitrogen functional groups attached to an aromatic ring is 1. The average molecular weight is 611 g/mol. The van der Waals surface area contributed by atoms with Gasteiger partial charge in [0.25, 0.3) is 11.8 Å². The first-order valence-electron chi connectivity index (χ1n) is 12.4. The Balaban J connectivity index is 1.76. The van der Waals surface area contributed by atoms with Crippen molar-refractivity contribution in [2.24, 2.45) is 11.1 Å². The average Bonchev–Trinajstić information content (AvgIpc) is 3.39. The minimum Gasteiger partial charge on any atom is -0.445 e. The van der Waals surface area contributed by atoms with E-state index in [1.807, 2.05) is 13.8 Å². The standard InChI is InChI=1S/C24H30N6O9S2/c1-4-12(5-2)21(33)38-11-39-22(34)17-13(7-6-8-37-24(35)26-3)9-40-20-16(19(32)30(17)20)28-18(31)15(29-36)14-10-41-23(25)27-14/h6-7,10,12,16,20,36H,4-5,8-9,11H2,1-3H3,(H2,25,27)(H,26,35)(H,28,31)/b7-6-,29-15-. The number of hydrogen-bond donors (Lipinski definition) is 4. The summed E-state index contributed by atoms with van der Waals surface area (Å²) in [6, 6.07) is -1.06. The van der Waals surface area contributed by atoms with E-state index in [0.717, 1.165) is 11.3 Å². The van der Waals surface area contributed by atoms with E-state index in [2.05, 4.69) is 20.8 Å². The quantitative estimate of drug-likeness (QED) is 0.0651. The van der Waals surface area contributed by atoms with Gasteiger partial charge in [0.1, 0.15) is 29.4 Å². The van der Waals surface area contributed by atoms with Crippen molar-refractivity contribution in [3.63, 3.8) is 0 Å². The first-order chi connectivity index (χ1) is 19.7. The molecule has 17 heteroatoms. The number of amides is 3. The van der Waals surface area contributed by atoms with Gasteiger partial charge in [-0.15, -0.1) is 23.1 Å². The minimum atomic E-state index is -1.06. The fraction of sp³-hybridized carbons (Fsp3) is 0.458. The molecule has 222 valence electrons. The second kappa shape index (κ2) is 14.5.